The standard InChI is InChI=1S/C17H28N2/c1-13(2)16-8-6-15(7-9-16)12-19-10-4-5-14(3)17(19)11-18/h6-9,13-14,17H,4-5,10-12,18H2,1-3H3. The fourth-order valence-electron chi connectivity index (χ4n) is 3.15. The van der Waals surface area contributed by atoms with Crippen LogP contribution in [0.5, 0.6) is 0 Å². The number of benzene rings is 1. The van der Waals surface area contributed by atoms with Crippen molar-refractivity contribution >= 4 is 0 Å². The molecule has 1 aliphatic heterocycles. The van der Waals surface area contributed by atoms with Gasteiger partial charge in [-0.25, -0.2) is 0 Å². The summed E-state index contributed by atoms with van der Waals surface area (Å²) in [4.78, 5) is 2.57. The minimum atomic E-state index is 0.554. The largest absolute Gasteiger partial charge is 0.329 e. The Morgan fingerprint density at radius 1 is 1.26 bits per heavy atom. The predicted molar refractivity (Wildman–Crippen MR) is 82.2 cm³/mol. The lowest BCUT2D eigenvalue weighted by Crippen LogP contribution is -2.47. The topological polar surface area (TPSA) is 29.3 Å². The third-order valence-corrected chi connectivity index (χ3v) is 4.50. The lowest BCUT2D eigenvalue weighted by Gasteiger charge is -2.39. The summed E-state index contributed by atoms with van der Waals surface area (Å²) in [6.45, 7) is 9.84. The maximum Gasteiger partial charge on any atom is 0.0247 e. The number of nitrogens with zero attached hydrogens (tertiary/aromatic N) is 1. The monoisotopic (exact) mass is 260 g/mol. The molecule has 2 atom stereocenters. The Morgan fingerprint density at radius 2 is 1.95 bits per heavy atom. The van der Waals surface area contributed by atoms with E-state index in [4.69, 9.17) is 5.73 Å². The van der Waals surface area contributed by atoms with Crippen molar-refractivity contribution in [2.45, 2.75) is 52.1 Å². The lowest BCUT2D eigenvalue weighted by atomic mass is 9.90. The molecule has 1 heterocycles. The summed E-state index contributed by atoms with van der Waals surface area (Å²) in [5.41, 5.74) is 8.80. The fraction of sp³-hybridized carbons (Fsp3) is 0.647. The second kappa shape index (κ2) is 6.53. The Hall–Kier alpha value is -0.860. The van der Waals surface area contributed by atoms with Crippen molar-refractivity contribution in [3.05, 3.63) is 35.4 Å². The molecule has 0 radical (unpaired) electrons. The summed E-state index contributed by atoms with van der Waals surface area (Å²) in [5, 5.41) is 0. The molecule has 0 amide bonds. The molecule has 19 heavy (non-hydrogen) atoms. The molecule has 1 aromatic rings. The molecule has 0 bridgehead atoms. The third kappa shape index (κ3) is 3.58. The van der Waals surface area contributed by atoms with Gasteiger partial charge < -0.3 is 5.73 Å². The van der Waals surface area contributed by atoms with E-state index in [2.05, 4.69) is 49.9 Å². The molecule has 0 aliphatic carbocycles. The fourth-order valence-corrected chi connectivity index (χ4v) is 3.15. The van der Waals surface area contributed by atoms with Gasteiger partial charge in [-0.3, -0.25) is 4.90 Å². The Balaban J connectivity index is 2.03. The first-order valence-electron chi connectivity index (χ1n) is 7.64. The van der Waals surface area contributed by atoms with Gasteiger partial charge >= 0.3 is 0 Å². The molecule has 1 aromatic carbocycles. The summed E-state index contributed by atoms with van der Waals surface area (Å²) >= 11 is 0. The summed E-state index contributed by atoms with van der Waals surface area (Å²) < 4.78 is 0. The van der Waals surface area contributed by atoms with Gasteiger partial charge in [0.25, 0.3) is 0 Å². The van der Waals surface area contributed by atoms with Gasteiger partial charge in [-0.2, -0.15) is 0 Å². The number of rotatable bonds is 4. The van der Waals surface area contributed by atoms with Crippen LogP contribution in [0.1, 0.15) is 50.7 Å². The number of likely N-dealkylation sites (tertiary alicyclic amines) is 1. The van der Waals surface area contributed by atoms with Crippen LogP contribution in [0, 0.1) is 5.92 Å². The van der Waals surface area contributed by atoms with Crippen LogP contribution in [0.15, 0.2) is 24.3 Å². The minimum absolute atomic E-state index is 0.554. The first-order chi connectivity index (χ1) is 9.11. The van der Waals surface area contributed by atoms with Crippen LogP contribution in [0.4, 0.5) is 0 Å². The van der Waals surface area contributed by atoms with E-state index in [-0.39, 0.29) is 0 Å². The minimum Gasteiger partial charge on any atom is -0.329 e. The number of hydrogen-bond acceptors (Lipinski definition) is 2. The molecular weight excluding hydrogens is 232 g/mol. The quantitative estimate of drug-likeness (QED) is 0.899. The van der Waals surface area contributed by atoms with Gasteiger partial charge in [-0.15, -0.1) is 0 Å². The van der Waals surface area contributed by atoms with Crippen LogP contribution >= 0.6 is 0 Å². The van der Waals surface area contributed by atoms with Gasteiger partial charge in [0, 0.05) is 19.1 Å². The van der Waals surface area contributed by atoms with Gasteiger partial charge in [-0.1, -0.05) is 45.0 Å². The molecule has 1 aliphatic rings. The van der Waals surface area contributed by atoms with E-state index in [0.29, 0.717) is 12.0 Å². The van der Waals surface area contributed by atoms with Crippen molar-refractivity contribution in [1.82, 2.24) is 4.90 Å². The van der Waals surface area contributed by atoms with Gasteiger partial charge in [0.1, 0.15) is 0 Å². The van der Waals surface area contributed by atoms with Crippen molar-refractivity contribution < 1.29 is 0 Å². The van der Waals surface area contributed by atoms with Crippen molar-refractivity contribution in [2.24, 2.45) is 11.7 Å². The molecule has 1 saturated heterocycles. The second-order valence-electron chi connectivity index (χ2n) is 6.29. The Labute approximate surface area is 118 Å². The van der Waals surface area contributed by atoms with E-state index in [1.807, 2.05) is 0 Å². The van der Waals surface area contributed by atoms with E-state index in [1.165, 1.54) is 30.5 Å². The molecule has 2 heteroatoms. The van der Waals surface area contributed by atoms with Gasteiger partial charge in [0.05, 0.1) is 0 Å². The molecule has 0 spiro atoms. The van der Waals surface area contributed by atoms with E-state index in [0.717, 1.165) is 19.0 Å². The average Bonchev–Trinajstić information content (AvgIpc) is 2.39. The van der Waals surface area contributed by atoms with Crippen molar-refractivity contribution in [3.63, 3.8) is 0 Å². The highest BCUT2D eigenvalue weighted by Gasteiger charge is 2.27. The van der Waals surface area contributed by atoms with Crippen LogP contribution < -0.4 is 5.73 Å². The smallest absolute Gasteiger partial charge is 0.0247 e. The lowest BCUT2D eigenvalue weighted by molar-refractivity contribution is 0.0991. The molecule has 106 valence electrons. The summed E-state index contributed by atoms with van der Waals surface area (Å²) in [5.74, 6) is 1.34. The van der Waals surface area contributed by atoms with Crippen LogP contribution in [-0.4, -0.2) is 24.0 Å². The summed E-state index contributed by atoms with van der Waals surface area (Å²) in [7, 11) is 0. The van der Waals surface area contributed by atoms with E-state index in [9.17, 15) is 0 Å². The third-order valence-electron chi connectivity index (χ3n) is 4.50. The molecule has 0 aromatic heterocycles. The van der Waals surface area contributed by atoms with Gasteiger partial charge in [0.15, 0.2) is 0 Å². The first-order valence-corrected chi connectivity index (χ1v) is 7.64. The Bertz CT molecular complexity index is 383. The highest BCUT2D eigenvalue weighted by atomic mass is 15.2. The van der Waals surface area contributed by atoms with Crippen molar-refractivity contribution in [2.75, 3.05) is 13.1 Å². The average molecular weight is 260 g/mol. The summed E-state index contributed by atoms with van der Waals surface area (Å²) in [6, 6.07) is 9.65. The predicted octanol–water partition coefficient (Wildman–Crippen LogP) is 3.37. The molecule has 2 rings (SSSR count). The zero-order valence-electron chi connectivity index (χ0n) is 12.6. The van der Waals surface area contributed by atoms with Crippen LogP contribution in [-0.2, 0) is 6.54 Å². The normalized spacial score (nSPS) is 24.9. The first kappa shape index (κ1) is 14.5. The zero-order valence-corrected chi connectivity index (χ0v) is 12.6. The van der Waals surface area contributed by atoms with Gasteiger partial charge in [0.2, 0.25) is 0 Å². The SMILES string of the molecule is CC(C)c1ccc(CN2CCCC(C)C2CN)cc1. The van der Waals surface area contributed by atoms with Crippen molar-refractivity contribution in [1.29, 1.82) is 0 Å². The molecule has 0 saturated carbocycles. The molecule has 2 nitrogen and oxygen atoms in total. The van der Waals surface area contributed by atoms with Gasteiger partial charge in [-0.05, 0) is 42.3 Å². The van der Waals surface area contributed by atoms with Crippen LogP contribution in [0.25, 0.3) is 0 Å². The molecular formula is C17H28N2. The number of piperidine rings is 1. The maximum absolute atomic E-state index is 5.96. The summed E-state index contributed by atoms with van der Waals surface area (Å²) in [6.07, 6.45) is 2.63. The van der Waals surface area contributed by atoms with Crippen LogP contribution in [0.3, 0.4) is 0 Å². The molecule has 2 unspecified atom stereocenters. The highest BCUT2D eigenvalue weighted by molar-refractivity contribution is 5.24. The van der Waals surface area contributed by atoms with E-state index in [1.54, 1.807) is 0 Å². The van der Waals surface area contributed by atoms with E-state index < -0.39 is 0 Å². The molecule has 2 N–H and O–H groups in total. The maximum atomic E-state index is 5.96. The molecule has 1 fully saturated rings. The number of hydrogen-bond donors (Lipinski definition) is 1. The zero-order chi connectivity index (χ0) is 13.8. The van der Waals surface area contributed by atoms with E-state index >= 15 is 0 Å². The Morgan fingerprint density at radius 3 is 2.53 bits per heavy atom. The Kier molecular flexibility index (Phi) is 5.00. The van der Waals surface area contributed by atoms with Crippen LogP contribution in [0.2, 0.25) is 0 Å². The highest BCUT2D eigenvalue weighted by Crippen LogP contribution is 2.24. The number of nitrogens with two attached hydrogens (primary N) is 1. The van der Waals surface area contributed by atoms with Crippen molar-refractivity contribution in [3.8, 4) is 0 Å². The second-order valence-corrected chi connectivity index (χ2v) is 6.29.